The molecule has 1 amide bonds. The molecule has 3 heteroatoms. The van der Waals surface area contributed by atoms with Crippen molar-refractivity contribution in [1.82, 2.24) is 5.32 Å². The first-order chi connectivity index (χ1) is 8.34. The molecule has 1 aromatic rings. The molecule has 17 heavy (non-hydrogen) atoms. The highest BCUT2D eigenvalue weighted by molar-refractivity contribution is 7.10. The molecule has 0 spiro atoms. The Morgan fingerprint density at radius 2 is 2.12 bits per heavy atom. The van der Waals surface area contributed by atoms with Gasteiger partial charge in [0.15, 0.2) is 0 Å². The Bertz CT molecular complexity index is 381. The molecule has 1 heterocycles. The van der Waals surface area contributed by atoms with Crippen molar-refractivity contribution in [2.24, 2.45) is 5.92 Å². The van der Waals surface area contributed by atoms with Crippen LogP contribution in [0, 0.1) is 5.92 Å². The van der Waals surface area contributed by atoms with Gasteiger partial charge in [0.25, 0.3) is 0 Å². The van der Waals surface area contributed by atoms with Gasteiger partial charge < -0.3 is 5.32 Å². The van der Waals surface area contributed by atoms with Crippen LogP contribution in [0.5, 0.6) is 0 Å². The Morgan fingerprint density at radius 3 is 2.82 bits per heavy atom. The summed E-state index contributed by atoms with van der Waals surface area (Å²) in [6, 6.07) is 4.70. The molecule has 0 aromatic carbocycles. The fourth-order valence-electron chi connectivity index (χ4n) is 2.84. The fourth-order valence-corrected chi connectivity index (χ4v) is 3.74. The first-order valence-corrected chi connectivity index (χ1v) is 7.56. The normalized spacial score (nSPS) is 28.9. The molecule has 1 N–H and O–H groups in total. The summed E-state index contributed by atoms with van der Waals surface area (Å²) in [5.74, 6) is 1.21. The van der Waals surface area contributed by atoms with E-state index in [-0.39, 0.29) is 0 Å². The Balaban J connectivity index is 1.50. The Labute approximate surface area is 106 Å². The summed E-state index contributed by atoms with van der Waals surface area (Å²) in [6.07, 6.45) is 7.11. The van der Waals surface area contributed by atoms with E-state index in [1.54, 1.807) is 0 Å². The lowest BCUT2D eigenvalue weighted by atomic mass is 9.88. The molecule has 2 nitrogen and oxygen atoms in total. The number of hydrogen-bond acceptors (Lipinski definition) is 2. The Morgan fingerprint density at radius 1 is 1.29 bits per heavy atom. The first kappa shape index (κ1) is 11.3. The van der Waals surface area contributed by atoms with Crippen LogP contribution < -0.4 is 5.32 Å². The topological polar surface area (TPSA) is 29.1 Å². The molecule has 0 bridgehead atoms. The van der Waals surface area contributed by atoms with Crippen LogP contribution >= 0.6 is 11.3 Å². The van der Waals surface area contributed by atoms with Gasteiger partial charge in [-0.1, -0.05) is 25.3 Å². The third-order valence-electron chi connectivity index (χ3n) is 4.00. The van der Waals surface area contributed by atoms with Crippen molar-refractivity contribution in [3.8, 4) is 0 Å². The predicted octanol–water partition coefficient (Wildman–Crippen LogP) is 3.30. The molecule has 2 atom stereocenters. The molecule has 0 radical (unpaired) electrons. The zero-order chi connectivity index (χ0) is 11.7. The summed E-state index contributed by atoms with van der Waals surface area (Å²) in [5, 5.41) is 5.35. The highest BCUT2D eigenvalue weighted by Crippen LogP contribution is 2.43. The maximum atomic E-state index is 12.1. The van der Waals surface area contributed by atoms with E-state index in [4.69, 9.17) is 0 Å². The minimum atomic E-state index is 0.299. The number of nitrogens with one attached hydrogen (secondary N) is 1. The summed E-state index contributed by atoms with van der Waals surface area (Å²) >= 11 is 1.81. The first-order valence-electron chi connectivity index (χ1n) is 6.68. The van der Waals surface area contributed by atoms with Crippen molar-refractivity contribution in [2.75, 3.05) is 0 Å². The fraction of sp³-hybridized carbons (Fsp3) is 0.643. The molecule has 3 rings (SSSR count). The maximum absolute atomic E-state index is 12.1. The summed E-state index contributed by atoms with van der Waals surface area (Å²) in [7, 11) is 0. The van der Waals surface area contributed by atoms with E-state index >= 15 is 0 Å². The average Bonchev–Trinajstić information content (AvgIpc) is 2.92. The molecule has 1 aromatic heterocycles. The standard InChI is InChI=1S/C14H19NOS/c16-14(10-5-2-1-3-6-10)15-12-9-11(12)13-7-4-8-17-13/h4,7-8,10-12H,1-3,5-6,9H2,(H,15,16). The van der Waals surface area contributed by atoms with Crippen LogP contribution in [-0.2, 0) is 4.79 Å². The van der Waals surface area contributed by atoms with Crippen molar-refractivity contribution in [1.29, 1.82) is 0 Å². The average molecular weight is 249 g/mol. The van der Waals surface area contributed by atoms with Crippen LogP contribution in [0.25, 0.3) is 0 Å². The van der Waals surface area contributed by atoms with Crippen LogP contribution in [0.15, 0.2) is 17.5 Å². The number of carbonyl (C=O) groups excluding carboxylic acids is 1. The zero-order valence-electron chi connectivity index (χ0n) is 10.0. The Hall–Kier alpha value is -0.830. The summed E-state index contributed by atoms with van der Waals surface area (Å²) in [4.78, 5) is 13.5. The van der Waals surface area contributed by atoms with Gasteiger partial charge in [-0.25, -0.2) is 0 Å². The van der Waals surface area contributed by atoms with Crippen LogP contribution in [0.3, 0.4) is 0 Å². The summed E-state index contributed by atoms with van der Waals surface area (Å²) in [6.45, 7) is 0. The number of carbonyl (C=O) groups is 1. The highest BCUT2D eigenvalue weighted by atomic mass is 32.1. The number of rotatable bonds is 3. The molecular formula is C14H19NOS. The van der Waals surface area contributed by atoms with E-state index in [2.05, 4.69) is 22.8 Å². The van der Waals surface area contributed by atoms with Gasteiger partial charge >= 0.3 is 0 Å². The second kappa shape index (κ2) is 4.81. The number of amides is 1. The number of thiophene rings is 1. The molecule has 0 saturated heterocycles. The molecule has 2 unspecified atom stereocenters. The van der Waals surface area contributed by atoms with Crippen molar-refractivity contribution < 1.29 is 4.79 Å². The van der Waals surface area contributed by atoms with Gasteiger partial charge in [-0.3, -0.25) is 4.79 Å². The van der Waals surface area contributed by atoms with E-state index in [1.807, 2.05) is 11.3 Å². The van der Waals surface area contributed by atoms with Gasteiger partial charge in [-0.05, 0) is 30.7 Å². The Kier molecular flexibility index (Phi) is 3.19. The number of hydrogen-bond donors (Lipinski definition) is 1. The molecule has 2 aliphatic carbocycles. The van der Waals surface area contributed by atoms with Gasteiger partial charge in [0.05, 0.1) is 0 Å². The van der Waals surface area contributed by atoms with Crippen molar-refractivity contribution in [2.45, 2.75) is 50.5 Å². The SMILES string of the molecule is O=C(NC1CC1c1cccs1)C1CCCCC1. The summed E-state index contributed by atoms with van der Waals surface area (Å²) < 4.78 is 0. The van der Waals surface area contributed by atoms with Gasteiger partial charge in [-0.2, -0.15) is 0 Å². The smallest absolute Gasteiger partial charge is 0.223 e. The van der Waals surface area contributed by atoms with Crippen molar-refractivity contribution >= 4 is 17.2 Å². The molecule has 2 aliphatic rings. The minimum absolute atomic E-state index is 0.299. The monoisotopic (exact) mass is 249 g/mol. The van der Waals surface area contributed by atoms with Crippen molar-refractivity contribution in [3.63, 3.8) is 0 Å². The van der Waals surface area contributed by atoms with Crippen LogP contribution in [0.2, 0.25) is 0 Å². The maximum Gasteiger partial charge on any atom is 0.223 e. The van der Waals surface area contributed by atoms with Crippen molar-refractivity contribution in [3.05, 3.63) is 22.4 Å². The quantitative estimate of drug-likeness (QED) is 0.875. The van der Waals surface area contributed by atoms with Crippen LogP contribution in [-0.4, -0.2) is 11.9 Å². The second-order valence-corrected chi connectivity index (χ2v) is 6.29. The highest BCUT2D eigenvalue weighted by Gasteiger charge is 2.41. The predicted molar refractivity (Wildman–Crippen MR) is 70.2 cm³/mol. The molecule has 2 fully saturated rings. The van der Waals surface area contributed by atoms with E-state index in [9.17, 15) is 4.79 Å². The lowest BCUT2D eigenvalue weighted by molar-refractivity contribution is -0.126. The molecule has 92 valence electrons. The van der Waals surface area contributed by atoms with Crippen LogP contribution in [0.4, 0.5) is 0 Å². The lowest BCUT2D eigenvalue weighted by Gasteiger charge is -2.20. The molecule has 0 aliphatic heterocycles. The van der Waals surface area contributed by atoms with Gasteiger partial charge in [0.2, 0.25) is 5.91 Å². The van der Waals surface area contributed by atoms with E-state index in [1.165, 1.54) is 24.1 Å². The van der Waals surface area contributed by atoms with Gasteiger partial charge in [0, 0.05) is 22.8 Å². The van der Waals surface area contributed by atoms with Crippen LogP contribution in [0.1, 0.15) is 49.3 Å². The van der Waals surface area contributed by atoms with E-state index in [0.717, 1.165) is 19.3 Å². The minimum Gasteiger partial charge on any atom is -0.352 e. The largest absolute Gasteiger partial charge is 0.352 e. The van der Waals surface area contributed by atoms with Gasteiger partial charge in [0.1, 0.15) is 0 Å². The van der Waals surface area contributed by atoms with E-state index < -0.39 is 0 Å². The van der Waals surface area contributed by atoms with Gasteiger partial charge in [-0.15, -0.1) is 11.3 Å². The van der Waals surface area contributed by atoms with E-state index in [0.29, 0.717) is 23.8 Å². The molecule has 2 saturated carbocycles. The molecular weight excluding hydrogens is 230 g/mol. The third-order valence-corrected chi connectivity index (χ3v) is 5.01. The zero-order valence-corrected chi connectivity index (χ0v) is 10.8. The third kappa shape index (κ3) is 2.54. The summed E-state index contributed by atoms with van der Waals surface area (Å²) in [5.41, 5.74) is 0. The lowest BCUT2D eigenvalue weighted by Crippen LogP contribution is -2.33. The second-order valence-electron chi connectivity index (χ2n) is 5.31.